The molecule has 1 amide bonds. The molecule has 1 atom stereocenters. The van der Waals surface area contributed by atoms with Crippen LogP contribution in [0.2, 0.25) is 0 Å². The summed E-state index contributed by atoms with van der Waals surface area (Å²) in [5, 5.41) is 9.96. The van der Waals surface area contributed by atoms with Crippen LogP contribution < -0.4 is 11.1 Å². The summed E-state index contributed by atoms with van der Waals surface area (Å²) in [6.45, 7) is 4.38. The Kier molecular flexibility index (Phi) is 5.36. The van der Waals surface area contributed by atoms with Crippen molar-refractivity contribution in [2.75, 3.05) is 17.6 Å². The van der Waals surface area contributed by atoms with Crippen LogP contribution >= 0.6 is 0 Å². The third kappa shape index (κ3) is 4.08. The molecular weight excluding hydrogens is 424 g/mol. The van der Waals surface area contributed by atoms with Crippen LogP contribution in [0.1, 0.15) is 35.5 Å². The van der Waals surface area contributed by atoms with Gasteiger partial charge in [0.2, 0.25) is 0 Å². The van der Waals surface area contributed by atoms with Gasteiger partial charge in [-0.25, -0.2) is 17.3 Å². The van der Waals surface area contributed by atoms with E-state index >= 15 is 0 Å². The molecule has 31 heavy (non-hydrogen) atoms. The molecule has 10 heteroatoms. The van der Waals surface area contributed by atoms with Gasteiger partial charge in [0.25, 0.3) is 5.91 Å². The molecule has 0 aliphatic carbocycles. The van der Waals surface area contributed by atoms with Crippen LogP contribution in [0, 0.1) is 11.6 Å². The van der Waals surface area contributed by atoms with Gasteiger partial charge >= 0.3 is 0 Å². The average molecular weight is 445 g/mol. The van der Waals surface area contributed by atoms with Gasteiger partial charge in [-0.15, -0.1) is 0 Å². The number of hydrogen-bond donors (Lipinski definition) is 3. The van der Waals surface area contributed by atoms with Gasteiger partial charge in [-0.05, 0) is 24.3 Å². The summed E-state index contributed by atoms with van der Waals surface area (Å²) in [6, 6.07) is 9.51. The SMILES string of the molecule is CC1(C)CN(S(=O)c2cc(F)cc(F)c2)Cc2c(NC(=O)c3ccccc3N)n[nH]c21. The molecule has 0 spiro atoms. The molecule has 3 aromatic rings. The lowest BCUT2D eigenvalue weighted by molar-refractivity contribution is 0.102. The lowest BCUT2D eigenvalue weighted by Crippen LogP contribution is -2.43. The van der Waals surface area contributed by atoms with Crippen molar-refractivity contribution < 1.29 is 17.8 Å². The Morgan fingerprint density at radius 3 is 2.58 bits per heavy atom. The van der Waals surface area contributed by atoms with Crippen molar-refractivity contribution in [3.8, 4) is 0 Å². The zero-order chi connectivity index (χ0) is 22.3. The van der Waals surface area contributed by atoms with Gasteiger partial charge in [-0.3, -0.25) is 9.89 Å². The maximum absolute atomic E-state index is 13.6. The molecule has 2 aromatic carbocycles. The number of nitrogens with zero attached hydrogens (tertiary/aromatic N) is 2. The third-order valence-corrected chi connectivity index (χ3v) is 6.53. The summed E-state index contributed by atoms with van der Waals surface area (Å²) in [4.78, 5) is 12.7. The number of carbonyl (C=O) groups excluding carboxylic acids is 1. The molecule has 0 saturated heterocycles. The first-order valence-corrected chi connectivity index (χ1v) is 10.6. The van der Waals surface area contributed by atoms with Gasteiger partial charge < -0.3 is 11.1 Å². The minimum Gasteiger partial charge on any atom is -0.398 e. The molecule has 0 bridgehead atoms. The summed E-state index contributed by atoms with van der Waals surface area (Å²) in [7, 11) is -1.81. The normalized spacial score (nSPS) is 16.5. The Labute approximate surface area is 180 Å². The number of carbonyl (C=O) groups is 1. The van der Waals surface area contributed by atoms with E-state index < -0.39 is 33.9 Å². The number of rotatable bonds is 4. The molecule has 0 fully saturated rings. The predicted molar refractivity (Wildman–Crippen MR) is 114 cm³/mol. The van der Waals surface area contributed by atoms with Gasteiger partial charge in [-0.2, -0.15) is 5.10 Å². The Balaban J connectivity index is 1.64. The van der Waals surface area contributed by atoms with E-state index in [1.54, 1.807) is 28.6 Å². The van der Waals surface area contributed by atoms with Crippen LogP contribution in [0.3, 0.4) is 0 Å². The largest absolute Gasteiger partial charge is 0.398 e. The van der Waals surface area contributed by atoms with Crippen molar-refractivity contribution in [1.82, 2.24) is 14.5 Å². The van der Waals surface area contributed by atoms with Crippen molar-refractivity contribution in [1.29, 1.82) is 0 Å². The zero-order valence-electron chi connectivity index (χ0n) is 16.9. The smallest absolute Gasteiger partial charge is 0.258 e. The minimum absolute atomic E-state index is 0.0305. The fourth-order valence-corrected chi connectivity index (χ4v) is 5.12. The van der Waals surface area contributed by atoms with Gasteiger partial charge in [0, 0.05) is 41.5 Å². The van der Waals surface area contributed by atoms with Gasteiger partial charge in [0.15, 0.2) is 5.82 Å². The van der Waals surface area contributed by atoms with Gasteiger partial charge in [0.1, 0.15) is 22.6 Å². The molecule has 1 aliphatic rings. The highest BCUT2D eigenvalue weighted by Crippen LogP contribution is 2.37. The molecule has 1 aliphatic heterocycles. The van der Waals surface area contributed by atoms with E-state index in [1.807, 2.05) is 13.8 Å². The summed E-state index contributed by atoms with van der Waals surface area (Å²) in [5.74, 6) is -1.71. The summed E-state index contributed by atoms with van der Waals surface area (Å²) in [6.07, 6.45) is 0. The number of nitrogens with two attached hydrogens (primary N) is 1. The molecule has 0 radical (unpaired) electrons. The van der Waals surface area contributed by atoms with Gasteiger partial charge in [0.05, 0.1) is 10.5 Å². The number of anilines is 2. The summed E-state index contributed by atoms with van der Waals surface area (Å²) >= 11 is 0. The number of benzene rings is 2. The van der Waals surface area contributed by atoms with E-state index in [9.17, 15) is 17.8 Å². The van der Waals surface area contributed by atoms with Crippen LogP contribution in [0.5, 0.6) is 0 Å². The van der Waals surface area contributed by atoms with Crippen molar-refractivity contribution in [2.24, 2.45) is 0 Å². The van der Waals surface area contributed by atoms with E-state index in [0.717, 1.165) is 23.9 Å². The number of para-hydroxylation sites is 1. The highest BCUT2D eigenvalue weighted by atomic mass is 32.2. The van der Waals surface area contributed by atoms with Gasteiger partial charge in [-0.1, -0.05) is 26.0 Å². The van der Waals surface area contributed by atoms with E-state index in [4.69, 9.17) is 5.73 Å². The van der Waals surface area contributed by atoms with Crippen LogP contribution in [0.15, 0.2) is 47.4 Å². The first kappa shape index (κ1) is 21.1. The second kappa shape index (κ2) is 7.86. The first-order valence-electron chi connectivity index (χ1n) is 9.52. The predicted octanol–water partition coefficient (Wildman–Crippen LogP) is 3.34. The Morgan fingerprint density at radius 1 is 1.23 bits per heavy atom. The van der Waals surface area contributed by atoms with Crippen LogP contribution in [-0.4, -0.2) is 31.2 Å². The number of aromatic amines is 1. The lowest BCUT2D eigenvalue weighted by Gasteiger charge is -2.36. The van der Waals surface area contributed by atoms with Crippen molar-refractivity contribution in [3.63, 3.8) is 0 Å². The molecule has 1 unspecified atom stereocenters. The standard InChI is InChI=1S/C21H21F2N5O2S/c1-21(2)11-28(31(30)14-8-12(22)7-13(23)9-14)10-16-18(21)26-27-19(16)25-20(29)15-5-3-4-6-17(15)24/h3-9H,10-11,24H2,1-2H3,(H2,25,26,27,29). The number of aromatic nitrogens is 2. The van der Waals surface area contributed by atoms with Crippen molar-refractivity contribution in [2.45, 2.75) is 30.7 Å². The number of H-pyrrole nitrogens is 1. The molecule has 1 aromatic heterocycles. The summed E-state index contributed by atoms with van der Waals surface area (Å²) < 4.78 is 42.0. The minimum atomic E-state index is -1.81. The second-order valence-electron chi connectivity index (χ2n) is 8.00. The maximum Gasteiger partial charge on any atom is 0.258 e. The average Bonchev–Trinajstić information content (AvgIpc) is 3.10. The highest BCUT2D eigenvalue weighted by molar-refractivity contribution is 7.82. The monoisotopic (exact) mass is 445 g/mol. The molecule has 4 N–H and O–H groups in total. The maximum atomic E-state index is 13.6. The van der Waals surface area contributed by atoms with E-state index in [0.29, 0.717) is 29.2 Å². The molecule has 7 nitrogen and oxygen atoms in total. The number of nitrogen functional groups attached to an aromatic ring is 1. The number of nitrogens with one attached hydrogen (secondary N) is 2. The topological polar surface area (TPSA) is 104 Å². The fraction of sp³-hybridized carbons (Fsp3) is 0.238. The molecule has 0 saturated carbocycles. The number of halogens is 2. The number of amides is 1. The van der Waals surface area contributed by atoms with Crippen molar-refractivity contribution in [3.05, 3.63) is 70.9 Å². The van der Waals surface area contributed by atoms with Crippen LogP contribution in [-0.2, 0) is 22.9 Å². The van der Waals surface area contributed by atoms with Crippen LogP contribution in [0.25, 0.3) is 0 Å². The Bertz CT molecular complexity index is 1170. The number of fused-ring (bicyclic) bond motifs is 1. The number of hydrogen-bond acceptors (Lipinski definition) is 4. The second-order valence-corrected chi connectivity index (χ2v) is 9.49. The van der Waals surface area contributed by atoms with E-state index in [-0.39, 0.29) is 11.4 Å². The molecule has 162 valence electrons. The molecule has 2 heterocycles. The molecule has 4 rings (SSSR count). The van der Waals surface area contributed by atoms with E-state index in [1.165, 1.54) is 0 Å². The highest BCUT2D eigenvalue weighted by Gasteiger charge is 2.38. The fourth-order valence-electron chi connectivity index (χ4n) is 3.71. The molecular formula is C21H21F2N5O2S. The van der Waals surface area contributed by atoms with E-state index in [2.05, 4.69) is 15.5 Å². The summed E-state index contributed by atoms with van der Waals surface area (Å²) in [5.41, 5.74) is 7.47. The van der Waals surface area contributed by atoms with Crippen molar-refractivity contribution >= 4 is 28.4 Å². The third-order valence-electron chi connectivity index (χ3n) is 5.16. The lowest BCUT2D eigenvalue weighted by atomic mass is 9.84. The Hall–Kier alpha value is -3.11. The quantitative estimate of drug-likeness (QED) is 0.536. The zero-order valence-corrected chi connectivity index (χ0v) is 17.7. The van der Waals surface area contributed by atoms with Crippen LogP contribution in [0.4, 0.5) is 20.3 Å². The first-order chi connectivity index (χ1) is 14.7. The Morgan fingerprint density at radius 2 is 1.90 bits per heavy atom.